The summed E-state index contributed by atoms with van der Waals surface area (Å²) in [5, 5.41) is 13.4. The number of fused-ring (bicyclic) bond motifs is 1. The summed E-state index contributed by atoms with van der Waals surface area (Å²) >= 11 is 1.53. The van der Waals surface area contributed by atoms with Crippen molar-refractivity contribution in [2.45, 2.75) is 43.7 Å². The SMILES string of the molecule is COc1ccc([N+](=O)[O-])cc1NC(=O)[C@H](C)OC(=O)[C@@H]1CS[C@]2(C)CCC(=O)N12. The molecule has 10 nitrogen and oxygen atoms in total. The van der Waals surface area contributed by atoms with Gasteiger partial charge in [0.2, 0.25) is 5.91 Å². The zero-order chi connectivity index (χ0) is 21.3. The van der Waals surface area contributed by atoms with E-state index in [0.29, 0.717) is 18.6 Å². The van der Waals surface area contributed by atoms with E-state index in [-0.39, 0.29) is 23.0 Å². The first-order valence-corrected chi connectivity index (χ1v) is 9.95. The maximum Gasteiger partial charge on any atom is 0.330 e. The monoisotopic (exact) mass is 423 g/mol. The second-order valence-corrected chi connectivity index (χ2v) is 8.48. The highest BCUT2D eigenvalue weighted by molar-refractivity contribution is 8.01. The van der Waals surface area contributed by atoms with Crippen LogP contribution in [-0.4, -0.2) is 57.5 Å². The number of thioether (sulfide) groups is 1. The molecule has 0 aliphatic carbocycles. The molecule has 2 amide bonds. The number of hydrogen-bond donors (Lipinski definition) is 1. The molecule has 1 aromatic carbocycles. The van der Waals surface area contributed by atoms with Crippen molar-refractivity contribution in [3.8, 4) is 5.75 Å². The Morgan fingerprint density at radius 1 is 1.45 bits per heavy atom. The topological polar surface area (TPSA) is 128 Å². The Labute approximate surface area is 171 Å². The van der Waals surface area contributed by atoms with Crippen LogP contribution < -0.4 is 10.1 Å². The van der Waals surface area contributed by atoms with E-state index in [1.54, 1.807) is 4.90 Å². The Hall–Kier alpha value is -2.82. The summed E-state index contributed by atoms with van der Waals surface area (Å²) in [4.78, 5) is 48.7. The van der Waals surface area contributed by atoms with Gasteiger partial charge in [-0.2, -0.15) is 0 Å². The standard InChI is InChI=1S/C18H21N3O7S/c1-10(16(23)19-12-8-11(21(25)26)4-5-14(12)27-3)28-17(24)13-9-29-18(2)7-6-15(22)20(13)18/h4-5,8,10,13H,6-7,9H2,1-3H3,(H,19,23)/t10-,13-,18+/m0/s1. The van der Waals surface area contributed by atoms with Gasteiger partial charge >= 0.3 is 5.97 Å². The molecule has 0 bridgehead atoms. The number of ether oxygens (including phenoxy) is 2. The predicted octanol–water partition coefficient (Wildman–Crippen LogP) is 1.93. The summed E-state index contributed by atoms with van der Waals surface area (Å²) < 4.78 is 10.4. The Kier molecular flexibility index (Phi) is 5.69. The quantitative estimate of drug-likeness (QED) is 0.418. The number of rotatable bonds is 6. The number of carbonyl (C=O) groups is 3. The van der Waals surface area contributed by atoms with E-state index >= 15 is 0 Å². The van der Waals surface area contributed by atoms with Gasteiger partial charge < -0.3 is 19.7 Å². The molecule has 0 radical (unpaired) electrons. The molecule has 0 saturated carbocycles. The lowest BCUT2D eigenvalue weighted by Crippen LogP contribution is -2.48. The minimum Gasteiger partial charge on any atom is -0.495 e. The van der Waals surface area contributed by atoms with Crippen molar-refractivity contribution in [3.05, 3.63) is 28.3 Å². The highest BCUT2D eigenvalue weighted by Gasteiger charge is 2.53. The summed E-state index contributed by atoms with van der Waals surface area (Å²) in [6.45, 7) is 3.31. The fraction of sp³-hybridized carbons (Fsp3) is 0.500. The second kappa shape index (κ2) is 7.90. The van der Waals surface area contributed by atoms with Crippen LogP contribution in [0.25, 0.3) is 0 Å². The Morgan fingerprint density at radius 2 is 2.17 bits per heavy atom. The van der Waals surface area contributed by atoms with E-state index < -0.39 is 33.8 Å². The first-order chi connectivity index (χ1) is 13.7. The number of nitro groups is 1. The zero-order valence-corrected chi connectivity index (χ0v) is 17.0. The molecule has 0 spiro atoms. The lowest BCUT2D eigenvalue weighted by molar-refractivity contribution is -0.384. The van der Waals surface area contributed by atoms with Crippen molar-refractivity contribution in [1.82, 2.24) is 4.90 Å². The van der Waals surface area contributed by atoms with Gasteiger partial charge in [0.25, 0.3) is 11.6 Å². The number of nitro benzene ring substituents is 1. The molecule has 2 aliphatic heterocycles. The Morgan fingerprint density at radius 3 is 2.83 bits per heavy atom. The smallest absolute Gasteiger partial charge is 0.330 e. The molecular weight excluding hydrogens is 402 g/mol. The van der Waals surface area contributed by atoms with E-state index in [2.05, 4.69) is 5.32 Å². The first-order valence-electron chi connectivity index (χ1n) is 8.96. The van der Waals surface area contributed by atoms with Crippen LogP contribution in [0, 0.1) is 10.1 Å². The molecule has 11 heteroatoms. The molecule has 2 heterocycles. The average molecular weight is 423 g/mol. The van der Waals surface area contributed by atoms with Crippen LogP contribution >= 0.6 is 11.8 Å². The third kappa shape index (κ3) is 4.00. The summed E-state index contributed by atoms with van der Waals surface area (Å²) in [6.07, 6.45) is -0.111. The number of benzene rings is 1. The number of amides is 2. The molecule has 2 fully saturated rings. The van der Waals surface area contributed by atoms with Crippen molar-refractivity contribution in [2.24, 2.45) is 0 Å². The number of non-ortho nitro benzene ring substituents is 1. The number of anilines is 1. The molecule has 29 heavy (non-hydrogen) atoms. The van der Waals surface area contributed by atoms with Gasteiger partial charge in [0, 0.05) is 24.3 Å². The summed E-state index contributed by atoms with van der Waals surface area (Å²) in [7, 11) is 1.36. The van der Waals surface area contributed by atoms with Crippen molar-refractivity contribution in [1.29, 1.82) is 0 Å². The lowest BCUT2D eigenvalue weighted by atomic mass is 10.2. The van der Waals surface area contributed by atoms with Crippen LogP contribution in [-0.2, 0) is 19.1 Å². The van der Waals surface area contributed by atoms with E-state index in [1.807, 2.05) is 6.92 Å². The normalized spacial score (nSPS) is 24.0. The van der Waals surface area contributed by atoms with E-state index in [9.17, 15) is 24.5 Å². The van der Waals surface area contributed by atoms with Gasteiger partial charge in [0.15, 0.2) is 6.10 Å². The summed E-state index contributed by atoms with van der Waals surface area (Å²) in [5.41, 5.74) is -0.131. The Bertz CT molecular complexity index is 877. The van der Waals surface area contributed by atoms with Crippen LogP contribution in [0.1, 0.15) is 26.7 Å². The lowest BCUT2D eigenvalue weighted by Gasteiger charge is -2.29. The second-order valence-electron chi connectivity index (χ2n) is 6.98. The number of nitrogens with one attached hydrogen (secondary N) is 1. The molecule has 1 aromatic rings. The van der Waals surface area contributed by atoms with Gasteiger partial charge in [-0.25, -0.2) is 4.79 Å². The summed E-state index contributed by atoms with van der Waals surface area (Å²) in [5.74, 6) is -0.775. The molecule has 1 N–H and O–H groups in total. The molecule has 3 atom stereocenters. The average Bonchev–Trinajstić information content (AvgIpc) is 3.17. The largest absolute Gasteiger partial charge is 0.495 e. The molecule has 0 unspecified atom stereocenters. The van der Waals surface area contributed by atoms with Crippen LogP contribution in [0.5, 0.6) is 5.75 Å². The van der Waals surface area contributed by atoms with Gasteiger partial charge in [-0.3, -0.25) is 19.7 Å². The van der Waals surface area contributed by atoms with Crippen LogP contribution in [0.4, 0.5) is 11.4 Å². The maximum absolute atomic E-state index is 12.6. The molecule has 2 aliphatic rings. The zero-order valence-electron chi connectivity index (χ0n) is 16.2. The predicted molar refractivity (Wildman–Crippen MR) is 105 cm³/mol. The fourth-order valence-electron chi connectivity index (χ4n) is 3.44. The van der Waals surface area contributed by atoms with Crippen molar-refractivity contribution < 1.29 is 28.8 Å². The van der Waals surface area contributed by atoms with Crippen LogP contribution in [0.15, 0.2) is 18.2 Å². The minimum atomic E-state index is -1.17. The first kappa shape index (κ1) is 20.9. The van der Waals surface area contributed by atoms with Gasteiger partial charge in [-0.1, -0.05) is 0 Å². The molecule has 0 aromatic heterocycles. The molecular formula is C18H21N3O7S. The van der Waals surface area contributed by atoms with Crippen LogP contribution in [0.3, 0.4) is 0 Å². The van der Waals surface area contributed by atoms with Gasteiger partial charge in [-0.05, 0) is 26.3 Å². The van der Waals surface area contributed by atoms with Crippen LogP contribution in [0.2, 0.25) is 0 Å². The third-order valence-corrected chi connectivity index (χ3v) is 6.54. The van der Waals surface area contributed by atoms with Gasteiger partial charge in [0.05, 0.1) is 22.6 Å². The van der Waals surface area contributed by atoms with E-state index in [0.717, 1.165) is 6.07 Å². The van der Waals surface area contributed by atoms with Gasteiger partial charge in [-0.15, -0.1) is 11.8 Å². The number of methoxy groups -OCH3 is 1. The number of carbonyl (C=O) groups excluding carboxylic acids is 3. The number of hydrogen-bond acceptors (Lipinski definition) is 8. The fourth-order valence-corrected chi connectivity index (χ4v) is 4.86. The molecule has 3 rings (SSSR count). The highest BCUT2D eigenvalue weighted by Crippen LogP contribution is 2.47. The molecule has 2 saturated heterocycles. The highest BCUT2D eigenvalue weighted by atomic mass is 32.2. The number of nitrogens with zero attached hydrogens (tertiary/aromatic N) is 2. The van der Waals surface area contributed by atoms with E-state index in [1.165, 1.54) is 37.9 Å². The number of esters is 1. The van der Waals surface area contributed by atoms with Crippen molar-refractivity contribution in [3.63, 3.8) is 0 Å². The van der Waals surface area contributed by atoms with Gasteiger partial charge in [0.1, 0.15) is 11.8 Å². The Balaban J connectivity index is 1.67. The van der Waals surface area contributed by atoms with E-state index in [4.69, 9.17) is 9.47 Å². The minimum absolute atomic E-state index is 0.0910. The van der Waals surface area contributed by atoms with Crippen molar-refractivity contribution in [2.75, 3.05) is 18.2 Å². The van der Waals surface area contributed by atoms with Crippen molar-refractivity contribution >= 4 is 40.9 Å². The maximum atomic E-state index is 12.6. The molecule has 156 valence electrons. The summed E-state index contributed by atoms with van der Waals surface area (Å²) in [6, 6.07) is 3.04. The third-order valence-electron chi connectivity index (χ3n) is 5.03.